The molecule has 33 heavy (non-hydrogen) atoms. The number of aryl methyl sites for hydroxylation is 2. The Bertz CT molecular complexity index is 1340. The first kappa shape index (κ1) is 20.2. The fourth-order valence-electron chi connectivity index (χ4n) is 5.19. The van der Waals surface area contributed by atoms with Gasteiger partial charge in [-0.1, -0.05) is 0 Å². The molecule has 6 rings (SSSR count). The summed E-state index contributed by atoms with van der Waals surface area (Å²) in [6.45, 7) is 4.94. The van der Waals surface area contributed by atoms with Crippen molar-refractivity contribution in [3.05, 3.63) is 47.7 Å². The van der Waals surface area contributed by atoms with E-state index in [4.69, 9.17) is 14.8 Å². The number of carbonyl (C=O) groups excluding carboxylic acids is 1. The Morgan fingerprint density at radius 3 is 2.79 bits per heavy atom. The van der Waals surface area contributed by atoms with Crippen LogP contribution in [0.25, 0.3) is 28.0 Å². The molecule has 2 aliphatic rings. The minimum absolute atomic E-state index is 0.335. The van der Waals surface area contributed by atoms with E-state index >= 15 is 0 Å². The fourth-order valence-corrected chi connectivity index (χ4v) is 5.19. The number of amides is 1. The van der Waals surface area contributed by atoms with Crippen LogP contribution in [0.4, 0.5) is 0 Å². The first-order valence-corrected chi connectivity index (χ1v) is 11.5. The molecule has 6 heterocycles. The van der Waals surface area contributed by atoms with Crippen LogP contribution < -0.4 is 0 Å². The summed E-state index contributed by atoms with van der Waals surface area (Å²) >= 11 is 0. The van der Waals surface area contributed by atoms with E-state index in [9.17, 15) is 4.79 Å². The Morgan fingerprint density at radius 1 is 1.18 bits per heavy atom. The summed E-state index contributed by atoms with van der Waals surface area (Å²) in [5.74, 6) is 0.909. The van der Waals surface area contributed by atoms with Crippen LogP contribution in [-0.4, -0.2) is 60.2 Å². The molecule has 9 nitrogen and oxygen atoms in total. The van der Waals surface area contributed by atoms with Crippen molar-refractivity contribution in [1.82, 2.24) is 34.0 Å². The third kappa shape index (κ3) is 3.34. The SMILES string of the molecule is Cc1cc2cc(-c3cnn(C)c3)ncc2n1-c1nn(C2CCOCC2)c2c1CN(C=O)CC2. The van der Waals surface area contributed by atoms with Crippen LogP contribution in [0.15, 0.2) is 30.7 Å². The second-order valence-corrected chi connectivity index (χ2v) is 9.02. The highest BCUT2D eigenvalue weighted by molar-refractivity contribution is 5.86. The zero-order valence-corrected chi connectivity index (χ0v) is 18.9. The van der Waals surface area contributed by atoms with Crippen molar-refractivity contribution in [2.45, 2.75) is 38.8 Å². The van der Waals surface area contributed by atoms with Crippen molar-refractivity contribution in [3.63, 3.8) is 0 Å². The number of hydrogen-bond acceptors (Lipinski definition) is 5. The summed E-state index contributed by atoms with van der Waals surface area (Å²) in [6.07, 6.45) is 9.42. The van der Waals surface area contributed by atoms with E-state index in [1.165, 1.54) is 5.69 Å². The van der Waals surface area contributed by atoms with Crippen LogP contribution in [0.2, 0.25) is 0 Å². The van der Waals surface area contributed by atoms with Crippen LogP contribution >= 0.6 is 0 Å². The lowest BCUT2D eigenvalue weighted by Crippen LogP contribution is -2.31. The smallest absolute Gasteiger partial charge is 0.210 e. The van der Waals surface area contributed by atoms with Gasteiger partial charge < -0.3 is 9.64 Å². The van der Waals surface area contributed by atoms with Crippen LogP contribution in [0, 0.1) is 6.92 Å². The number of pyridine rings is 1. The minimum atomic E-state index is 0.335. The first-order chi connectivity index (χ1) is 16.1. The number of ether oxygens (including phenoxy) is 1. The van der Waals surface area contributed by atoms with Crippen molar-refractivity contribution in [2.24, 2.45) is 7.05 Å². The summed E-state index contributed by atoms with van der Waals surface area (Å²) in [6, 6.07) is 4.62. The van der Waals surface area contributed by atoms with E-state index in [1.807, 2.05) is 30.5 Å². The van der Waals surface area contributed by atoms with Crippen molar-refractivity contribution >= 4 is 17.3 Å². The van der Waals surface area contributed by atoms with E-state index in [-0.39, 0.29) is 0 Å². The molecule has 4 aromatic rings. The van der Waals surface area contributed by atoms with Crippen LogP contribution in [0.5, 0.6) is 0 Å². The number of fused-ring (bicyclic) bond motifs is 2. The second kappa shape index (κ2) is 7.84. The van der Waals surface area contributed by atoms with Gasteiger partial charge in [0.1, 0.15) is 0 Å². The molecule has 1 fully saturated rings. The molecule has 0 atom stereocenters. The predicted molar refractivity (Wildman–Crippen MR) is 123 cm³/mol. The van der Waals surface area contributed by atoms with Gasteiger partial charge in [0.05, 0.1) is 36.2 Å². The summed E-state index contributed by atoms with van der Waals surface area (Å²) in [5.41, 5.74) is 6.38. The van der Waals surface area contributed by atoms with E-state index in [0.717, 1.165) is 84.7 Å². The van der Waals surface area contributed by atoms with E-state index in [0.29, 0.717) is 12.6 Å². The molecule has 4 aromatic heterocycles. The van der Waals surface area contributed by atoms with E-state index in [2.05, 4.69) is 33.4 Å². The molecule has 0 N–H and O–H groups in total. The van der Waals surface area contributed by atoms with Gasteiger partial charge in [-0.15, -0.1) is 0 Å². The molecule has 9 heteroatoms. The van der Waals surface area contributed by atoms with Crippen molar-refractivity contribution in [1.29, 1.82) is 0 Å². The molecule has 0 radical (unpaired) electrons. The third-order valence-electron chi connectivity index (χ3n) is 6.86. The molecule has 170 valence electrons. The highest BCUT2D eigenvalue weighted by Crippen LogP contribution is 2.34. The second-order valence-electron chi connectivity index (χ2n) is 9.02. The van der Waals surface area contributed by atoms with Gasteiger partial charge in [-0.05, 0) is 31.9 Å². The monoisotopic (exact) mass is 445 g/mol. The molecule has 0 saturated carbocycles. The summed E-state index contributed by atoms with van der Waals surface area (Å²) < 4.78 is 11.8. The highest BCUT2D eigenvalue weighted by Gasteiger charge is 2.30. The number of carbonyl (C=O) groups is 1. The molecule has 0 spiro atoms. The van der Waals surface area contributed by atoms with Gasteiger partial charge in [-0.3, -0.25) is 23.7 Å². The van der Waals surface area contributed by atoms with Crippen LogP contribution in [0.1, 0.15) is 35.8 Å². The number of aromatic nitrogens is 6. The first-order valence-electron chi connectivity index (χ1n) is 11.5. The molecule has 0 aliphatic carbocycles. The van der Waals surface area contributed by atoms with Gasteiger partial charge in [-0.2, -0.15) is 10.2 Å². The third-order valence-corrected chi connectivity index (χ3v) is 6.86. The maximum absolute atomic E-state index is 11.6. The summed E-state index contributed by atoms with van der Waals surface area (Å²) in [7, 11) is 1.91. The lowest BCUT2D eigenvalue weighted by atomic mass is 10.0. The van der Waals surface area contributed by atoms with Crippen molar-refractivity contribution in [2.75, 3.05) is 19.8 Å². The van der Waals surface area contributed by atoms with Gasteiger partial charge in [-0.25, -0.2) is 0 Å². The Hall–Kier alpha value is -3.46. The average Bonchev–Trinajstić information content (AvgIpc) is 3.53. The quantitative estimate of drug-likeness (QED) is 0.451. The normalized spacial score (nSPS) is 17.0. The predicted octanol–water partition coefficient (Wildman–Crippen LogP) is 2.80. The molecular formula is C24H27N7O2. The Balaban J connectivity index is 1.49. The van der Waals surface area contributed by atoms with Gasteiger partial charge in [0.2, 0.25) is 6.41 Å². The van der Waals surface area contributed by atoms with Crippen molar-refractivity contribution < 1.29 is 9.53 Å². The van der Waals surface area contributed by atoms with Gasteiger partial charge >= 0.3 is 0 Å². The number of rotatable bonds is 4. The Labute approximate surface area is 191 Å². The van der Waals surface area contributed by atoms with Gasteiger partial charge in [0.25, 0.3) is 0 Å². The Kier molecular flexibility index (Phi) is 4.79. The van der Waals surface area contributed by atoms with Crippen LogP contribution in [-0.2, 0) is 29.5 Å². The number of nitrogens with zero attached hydrogens (tertiary/aromatic N) is 7. The molecule has 1 saturated heterocycles. The Morgan fingerprint density at radius 2 is 2.03 bits per heavy atom. The molecule has 1 amide bonds. The molecule has 0 aromatic carbocycles. The van der Waals surface area contributed by atoms with Gasteiger partial charge in [0, 0.05) is 67.3 Å². The van der Waals surface area contributed by atoms with Crippen molar-refractivity contribution in [3.8, 4) is 17.1 Å². The fraction of sp³-hybridized carbons (Fsp3) is 0.417. The maximum atomic E-state index is 11.6. The standard InChI is InChI=1S/C24H27N7O2/c1-16-9-17-10-21(18-11-26-28(2)13-18)25-12-23(17)30(16)24-20-14-29(15-32)6-3-22(20)31(27-24)19-4-7-33-8-5-19/h9-13,15,19H,3-8,14H2,1-2H3. The minimum Gasteiger partial charge on any atom is -0.381 e. The zero-order chi connectivity index (χ0) is 22.5. The maximum Gasteiger partial charge on any atom is 0.210 e. The molecule has 0 unspecified atom stereocenters. The summed E-state index contributed by atoms with van der Waals surface area (Å²) in [4.78, 5) is 18.2. The highest BCUT2D eigenvalue weighted by atomic mass is 16.5. The molecule has 0 bridgehead atoms. The number of hydrogen-bond donors (Lipinski definition) is 0. The van der Waals surface area contributed by atoms with E-state index < -0.39 is 0 Å². The zero-order valence-electron chi connectivity index (χ0n) is 18.9. The van der Waals surface area contributed by atoms with Crippen LogP contribution in [0.3, 0.4) is 0 Å². The summed E-state index contributed by atoms with van der Waals surface area (Å²) in [5, 5.41) is 10.5. The van der Waals surface area contributed by atoms with E-state index in [1.54, 1.807) is 4.68 Å². The average molecular weight is 446 g/mol. The topological polar surface area (TPSA) is 83.0 Å². The largest absolute Gasteiger partial charge is 0.381 e. The van der Waals surface area contributed by atoms with Gasteiger partial charge in [0.15, 0.2) is 5.82 Å². The lowest BCUT2D eigenvalue weighted by Gasteiger charge is -2.28. The molecule has 2 aliphatic heterocycles. The molecular weight excluding hydrogens is 418 g/mol. The lowest BCUT2D eigenvalue weighted by molar-refractivity contribution is -0.118.